The molecule has 0 aliphatic rings. The Hall–Kier alpha value is -1.08. The van der Waals surface area contributed by atoms with Gasteiger partial charge in [0, 0.05) is 19.5 Å². The van der Waals surface area contributed by atoms with E-state index in [0.29, 0.717) is 38.4 Å². The molecular formula is C15H29N3O. The normalized spacial score (nSPS) is 12.8. The maximum absolute atomic E-state index is 12.1. The number of nitrogens with two attached hydrogens (primary N) is 1. The number of carbonyl (C=O) groups is 1. The Morgan fingerprint density at radius 1 is 1.37 bits per heavy atom. The molecule has 4 heteroatoms. The first-order valence-corrected chi connectivity index (χ1v) is 7.21. The van der Waals surface area contributed by atoms with Crippen LogP contribution in [-0.4, -0.2) is 30.4 Å². The lowest BCUT2D eigenvalue weighted by Crippen LogP contribution is -2.33. The van der Waals surface area contributed by atoms with Crippen LogP contribution in [0.25, 0.3) is 0 Å². The zero-order chi connectivity index (χ0) is 14.9. The van der Waals surface area contributed by atoms with Gasteiger partial charge in [0.25, 0.3) is 0 Å². The monoisotopic (exact) mass is 267 g/mol. The van der Waals surface area contributed by atoms with Gasteiger partial charge in [0.15, 0.2) is 0 Å². The van der Waals surface area contributed by atoms with Gasteiger partial charge in [-0.05, 0) is 37.6 Å². The molecule has 0 radical (unpaired) electrons. The molecule has 0 bridgehead atoms. The van der Waals surface area contributed by atoms with Gasteiger partial charge in [-0.25, -0.2) is 0 Å². The summed E-state index contributed by atoms with van der Waals surface area (Å²) in [6.45, 7) is 10.4. The van der Waals surface area contributed by atoms with Crippen LogP contribution in [0.2, 0.25) is 0 Å². The molecule has 110 valence electrons. The third kappa shape index (κ3) is 7.17. The van der Waals surface area contributed by atoms with E-state index >= 15 is 0 Å². The van der Waals surface area contributed by atoms with Gasteiger partial charge in [-0.1, -0.05) is 20.8 Å². The van der Waals surface area contributed by atoms with Crippen molar-refractivity contribution in [2.75, 3.05) is 19.6 Å². The summed E-state index contributed by atoms with van der Waals surface area (Å²) < 4.78 is 0. The van der Waals surface area contributed by atoms with Crippen LogP contribution in [0, 0.1) is 22.7 Å². The zero-order valence-electron chi connectivity index (χ0n) is 12.9. The lowest BCUT2D eigenvalue weighted by atomic mass is 9.76. The minimum atomic E-state index is 0.157. The van der Waals surface area contributed by atoms with Crippen LogP contribution < -0.4 is 5.73 Å². The highest BCUT2D eigenvalue weighted by Crippen LogP contribution is 2.32. The van der Waals surface area contributed by atoms with Crippen LogP contribution in [0.4, 0.5) is 0 Å². The number of amides is 1. The number of nitrogens with zero attached hydrogens (tertiary/aromatic N) is 2. The second-order valence-electron chi connectivity index (χ2n) is 6.06. The van der Waals surface area contributed by atoms with E-state index in [9.17, 15) is 4.79 Å². The zero-order valence-corrected chi connectivity index (χ0v) is 12.9. The van der Waals surface area contributed by atoms with Crippen molar-refractivity contribution in [1.82, 2.24) is 4.90 Å². The van der Waals surface area contributed by atoms with Gasteiger partial charge in [-0.3, -0.25) is 4.79 Å². The molecule has 0 aromatic heterocycles. The maximum Gasteiger partial charge on any atom is 0.222 e. The third-order valence-corrected chi connectivity index (χ3v) is 3.67. The minimum Gasteiger partial charge on any atom is -0.342 e. The summed E-state index contributed by atoms with van der Waals surface area (Å²) in [7, 11) is 0. The van der Waals surface area contributed by atoms with E-state index in [1.165, 1.54) is 0 Å². The minimum absolute atomic E-state index is 0.157. The predicted molar refractivity (Wildman–Crippen MR) is 78.3 cm³/mol. The van der Waals surface area contributed by atoms with Crippen LogP contribution in [0.15, 0.2) is 0 Å². The Labute approximate surface area is 118 Å². The summed E-state index contributed by atoms with van der Waals surface area (Å²) in [5.41, 5.74) is 5.84. The van der Waals surface area contributed by atoms with E-state index in [2.05, 4.69) is 26.8 Å². The van der Waals surface area contributed by atoms with E-state index in [4.69, 9.17) is 11.0 Å². The van der Waals surface area contributed by atoms with Crippen LogP contribution in [-0.2, 0) is 4.79 Å². The van der Waals surface area contributed by atoms with Gasteiger partial charge in [-0.2, -0.15) is 5.26 Å². The fourth-order valence-corrected chi connectivity index (χ4v) is 2.31. The highest BCUT2D eigenvalue weighted by atomic mass is 16.2. The number of hydrogen-bond acceptors (Lipinski definition) is 3. The molecule has 0 aliphatic heterocycles. The summed E-state index contributed by atoms with van der Waals surface area (Å²) in [5.74, 6) is 0.625. The van der Waals surface area contributed by atoms with Crippen LogP contribution in [0.5, 0.6) is 0 Å². The van der Waals surface area contributed by atoms with E-state index < -0.39 is 0 Å². The molecule has 19 heavy (non-hydrogen) atoms. The van der Waals surface area contributed by atoms with Gasteiger partial charge in [0.05, 0.1) is 12.5 Å². The summed E-state index contributed by atoms with van der Waals surface area (Å²) in [5, 5.41) is 8.59. The molecule has 0 heterocycles. The quantitative estimate of drug-likeness (QED) is 0.734. The Kier molecular flexibility index (Phi) is 8.42. The number of rotatable bonds is 8. The Morgan fingerprint density at radius 2 is 2.00 bits per heavy atom. The average molecular weight is 267 g/mol. The van der Waals surface area contributed by atoms with Crippen LogP contribution >= 0.6 is 0 Å². The van der Waals surface area contributed by atoms with Crippen molar-refractivity contribution in [3.05, 3.63) is 0 Å². The fourth-order valence-electron chi connectivity index (χ4n) is 2.31. The maximum atomic E-state index is 12.1. The SMILES string of the molecule is CCN(CCC#N)C(=O)CCC(CCN)C(C)(C)C. The smallest absolute Gasteiger partial charge is 0.222 e. The molecule has 0 saturated heterocycles. The molecule has 0 fully saturated rings. The molecule has 1 unspecified atom stereocenters. The summed E-state index contributed by atoms with van der Waals surface area (Å²) >= 11 is 0. The standard InChI is InChI=1S/C15H29N3O/c1-5-18(12-6-10-16)14(19)8-7-13(9-11-17)15(2,3)4/h13H,5-9,11-12,17H2,1-4H3. The molecule has 1 amide bonds. The first kappa shape index (κ1) is 17.9. The van der Waals surface area contributed by atoms with E-state index in [0.717, 1.165) is 12.8 Å². The van der Waals surface area contributed by atoms with Gasteiger partial charge >= 0.3 is 0 Å². The highest BCUT2D eigenvalue weighted by Gasteiger charge is 2.25. The number of carbonyl (C=O) groups excluding carboxylic acids is 1. The Balaban J connectivity index is 4.34. The van der Waals surface area contributed by atoms with Gasteiger partial charge < -0.3 is 10.6 Å². The third-order valence-electron chi connectivity index (χ3n) is 3.67. The largest absolute Gasteiger partial charge is 0.342 e. The van der Waals surface area contributed by atoms with Gasteiger partial charge in [0.1, 0.15) is 0 Å². The van der Waals surface area contributed by atoms with Crippen molar-refractivity contribution in [2.24, 2.45) is 17.1 Å². The Bertz CT molecular complexity index is 301. The van der Waals surface area contributed by atoms with E-state index in [1.54, 1.807) is 4.90 Å². The Morgan fingerprint density at radius 3 is 2.42 bits per heavy atom. The average Bonchev–Trinajstić information content (AvgIpc) is 2.33. The molecular weight excluding hydrogens is 238 g/mol. The second-order valence-corrected chi connectivity index (χ2v) is 6.06. The molecule has 1 atom stereocenters. The predicted octanol–water partition coefficient (Wildman–Crippen LogP) is 2.54. The molecule has 0 saturated carbocycles. The van der Waals surface area contributed by atoms with Crippen molar-refractivity contribution < 1.29 is 4.79 Å². The van der Waals surface area contributed by atoms with Crippen molar-refractivity contribution in [3.8, 4) is 6.07 Å². The van der Waals surface area contributed by atoms with Crippen LogP contribution in [0.3, 0.4) is 0 Å². The van der Waals surface area contributed by atoms with Crippen molar-refractivity contribution in [2.45, 2.75) is 53.4 Å². The van der Waals surface area contributed by atoms with Crippen molar-refractivity contribution in [3.63, 3.8) is 0 Å². The van der Waals surface area contributed by atoms with Crippen molar-refractivity contribution in [1.29, 1.82) is 5.26 Å². The fraction of sp³-hybridized carbons (Fsp3) is 0.867. The number of nitriles is 1. The molecule has 0 rings (SSSR count). The first-order chi connectivity index (χ1) is 8.86. The molecule has 0 aliphatic carbocycles. The molecule has 2 N–H and O–H groups in total. The summed E-state index contributed by atoms with van der Waals surface area (Å²) in [4.78, 5) is 13.9. The van der Waals surface area contributed by atoms with Gasteiger partial charge in [0.2, 0.25) is 5.91 Å². The lowest BCUT2D eigenvalue weighted by Gasteiger charge is -2.31. The molecule has 4 nitrogen and oxygen atoms in total. The van der Waals surface area contributed by atoms with E-state index in [1.807, 2.05) is 6.92 Å². The lowest BCUT2D eigenvalue weighted by molar-refractivity contribution is -0.131. The first-order valence-electron chi connectivity index (χ1n) is 7.21. The molecule has 0 aromatic rings. The van der Waals surface area contributed by atoms with E-state index in [-0.39, 0.29) is 11.3 Å². The second kappa shape index (κ2) is 8.92. The number of hydrogen-bond donors (Lipinski definition) is 1. The van der Waals surface area contributed by atoms with Gasteiger partial charge in [-0.15, -0.1) is 0 Å². The molecule has 0 spiro atoms. The summed E-state index contributed by atoms with van der Waals surface area (Å²) in [6.07, 6.45) is 2.80. The van der Waals surface area contributed by atoms with Crippen molar-refractivity contribution >= 4 is 5.91 Å². The highest BCUT2D eigenvalue weighted by molar-refractivity contribution is 5.76. The summed E-state index contributed by atoms with van der Waals surface area (Å²) in [6, 6.07) is 2.09. The van der Waals surface area contributed by atoms with Crippen LogP contribution in [0.1, 0.15) is 53.4 Å². The molecule has 0 aromatic carbocycles. The topological polar surface area (TPSA) is 70.1 Å².